The Balaban J connectivity index is 4.21. The van der Waals surface area contributed by atoms with Crippen LogP contribution in [-0.2, 0) is 18.4 Å². The Morgan fingerprint density at radius 2 is 0.900 bits per heavy atom. The summed E-state index contributed by atoms with van der Waals surface area (Å²) in [4.78, 5) is 25.4. The van der Waals surface area contributed by atoms with E-state index in [0.717, 1.165) is 38.5 Å². The molecule has 8 nitrogen and oxygen atoms in total. The number of aliphatic hydroxyl groups excluding tert-OH is 1. The fourth-order valence-corrected chi connectivity index (χ4v) is 8.58. The van der Waals surface area contributed by atoms with Gasteiger partial charge >= 0.3 is 0 Å². The highest BCUT2D eigenvalue weighted by atomic mass is 31.2. The quantitative estimate of drug-likeness (QED) is 0.0273. The van der Waals surface area contributed by atoms with Crippen LogP contribution in [0.25, 0.3) is 0 Å². The number of allylic oxidation sites excluding steroid dienone is 1. The molecule has 0 aromatic carbocycles. The molecule has 2 N–H and O–H groups in total. The normalized spacial score (nSPS) is 14.2. The van der Waals surface area contributed by atoms with Crippen molar-refractivity contribution in [3.63, 3.8) is 0 Å². The third-order valence-electron chi connectivity index (χ3n) is 12.0. The van der Waals surface area contributed by atoms with Gasteiger partial charge in [0.15, 0.2) is 0 Å². The summed E-state index contributed by atoms with van der Waals surface area (Å²) in [6.45, 7) is 4.68. The molecule has 358 valence electrons. The number of carbonyl (C=O) groups excluding carboxylic acids is 1. The second kappa shape index (κ2) is 43.5. The molecular formula is C51H103N2O6P. The molecule has 3 atom stereocenters. The minimum absolute atomic E-state index is 0.00240. The number of quaternary nitrogens is 1. The van der Waals surface area contributed by atoms with E-state index in [2.05, 4.69) is 19.2 Å². The van der Waals surface area contributed by atoms with Crippen molar-refractivity contribution in [1.82, 2.24) is 5.32 Å². The van der Waals surface area contributed by atoms with Crippen LogP contribution in [0.5, 0.6) is 0 Å². The van der Waals surface area contributed by atoms with E-state index in [4.69, 9.17) is 9.05 Å². The number of hydrogen-bond donors (Lipinski definition) is 2. The van der Waals surface area contributed by atoms with Gasteiger partial charge < -0.3 is 28.8 Å². The highest BCUT2D eigenvalue weighted by Gasteiger charge is 2.23. The molecule has 0 aromatic heterocycles. The predicted molar refractivity (Wildman–Crippen MR) is 256 cm³/mol. The number of carbonyl (C=O) groups is 1. The van der Waals surface area contributed by atoms with Crippen LogP contribution >= 0.6 is 7.82 Å². The lowest BCUT2D eigenvalue weighted by Crippen LogP contribution is -2.45. The van der Waals surface area contributed by atoms with Gasteiger partial charge in [0.2, 0.25) is 5.91 Å². The molecule has 1 amide bonds. The van der Waals surface area contributed by atoms with Crippen molar-refractivity contribution in [2.75, 3.05) is 40.9 Å². The van der Waals surface area contributed by atoms with Crippen molar-refractivity contribution < 1.29 is 32.9 Å². The number of phosphoric ester groups is 1. The molecule has 9 heteroatoms. The summed E-state index contributed by atoms with van der Waals surface area (Å²) in [5.74, 6) is -0.192. The highest BCUT2D eigenvalue weighted by molar-refractivity contribution is 7.45. The molecule has 0 saturated carbocycles. The maximum absolute atomic E-state index is 12.9. The maximum Gasteiger partial charge on any atom is 0.268 e. The van der Waals surface area contributed by atoms with Gasteiger partial charge in [0, 0.05) is 6.42 Å². The number of nitrogens with zero attached hydrogens (tertiary/aromatic N) is 1. The molecule has 0 bridgehead atoms. The zero-order chi connectivity index (χ0) is 44.3. The standard InChI is InChI=1S/C51H103N2O6P/c1-6-8-10-12-14-16-18-20-22-23-24-25-26-27-28-29-31-33-35-37-39-41-43-45-51(55)52-49(48-59-60(56,57)58-47-46-53(3,4)5)50(54)44-42-40-38-36-34-32-30-21-19-17-15-13-11-9-7-2/h42,44,49-50,54H,6-41,43,45-48H2,1-5H3,(H-,52,55,56,57)/b44-42+/t49-,50+/m0/s1. The summed E-state index contributed by atoms with van der Waals surface area (Å²) < 4.78 is 23.3. The number of unbranched alkanes of at least 4 members (excludes halogenated alkanes) is 35. The van der Waals surface area contributed by atoms with Crippen molar-refractivity contribution in [2.45, 2.75) is 270 Å². The number of nitrogens with one attached hydrogen (secondary N) is 1. The molecule has 0 radical (unpaired) electrons. The summed E-state index contributed by atoms with van der Waals surface area (Å²) in [6, 6.07) is -0.880. The Kier molecular flexibility index (Phi) is 42.9. The third-order valence-corrected chi connectivity index (χ3v) is 13.0. The van der Waals surface area contributed by atoms with E-state index in [1.807, 2.05) is 27.2 Å². The first-order valence-corrected chi connectivity index (χ1v) is 27.5. The largest absolute Gasteiger partial charge is 0.756 e. The van der Waals surface area contributed by atoms with Gasteiger partial charge in [0.05, 0.1) is 39.9 Å². The SMILES string of the molecule is CCCCCCCCCCCCCCC/C=C/[C@@H](O)[C@H](COP(=O)([O-])OCC[N+](C)(C)C)NC(=O)CCCCCCCCCCCCCCCCCCCCCCCCC. The minimum atomic E-state index is -4.59. The van der Waals surface area contributed by atoms with Crippen LogP contribution in [0.1, 0.15) is 258 Å². The van der Waals surface area contributed by atoms with Crippen LogP contribution in [-0.4, -0.2) is 68.5 Å². The van der Waals surface area contributed by atoms with Crippen molar-refractivity contribution >= 4 is 13.7 Å². The molecule has 0 aliphatic heterocycles. The van der Waals surface area contributed by atoms with Crippen molar-refractivity contribution in [2.24, 2.45) is 0 Å². The number of aliphatic hydroxyl groups is 1. The van der Waals surface area contributed by atoms with Crippen molar-refractivity contribution in [3.8, 4) is 0 Å². The van der Waals surface area contributed by atoms with E-state index in [0.29, 0.717) is 17.4 Å². The molecule has 0 saturated heterocycles. The number of amides is 1. The van der Waals surface area contributed by atoms with Crippen molar-refractivity contribution in [3.05, 3.63) is 12.2 Å². The van der Waals surface area contributed by atoms with Crippen LogP contribution < -0.4 is 10.2 Å². The Morgan fingerprint density at radius 3 is 1.25 bits per heavy atom. The Morgan fingerprint density at radius 1 is 0.567 bits per heavy atom. The average Bonchev–Trinajstić information content (AvgIpc) is 3.20. The molecule has 0 aliphatic rings. The van der Waals surface area contributed by atoms with E-state index >= 15 is 0 Å². The first-order valence-electron chi connectivity index (χ1n) is 26.1. The molecule has 0 heterocycles. The highest BCUT2D eigenvalue weighted by Crippen LogP contribution is 2.38. The van der Waals surface area contributed by atoms with Gasteiger partial charge in [0.1, 0.15) is 13.2 Å². The summed E-state index contributed by atoms with van der Waals surface area (Å²) in [5.41, 5.74) is 0. The van der Waals surface area contributed by atoms with Gasteiger partial charge in [-0.25, -0.2) is 0 Å². The van der Waals surface area contributed by atoms with Crippen molar-refractivity contribution in [1.29, 1.82) is 0 Å². The maximum atomic E-state index is 12.9. The number of rotatable bonds is 48. The van der Waals surface area contributed by atoms with Gasteiger partial charge in [-0.15, -0.1) is 0 Å². The molecule has 1 unspecified atom stereocenters. The second-order valence-electron chi connectivity index (χ2n) is 19.2. The van der Waals surface area contributed by atoms with Crippen LogP contribution in [0.15, 0.2) is 12.2 Å². The molecular weight excluding hydrogens is 768 g/mol. The van der Waals surface area contributed by atoms with Gasteiger partial charge in [-0.3, -0.25) is 9.36 Å². The van der Waals surface area contributed by atoms with Crippen LogP contribution in [0.2, 0.25) is 0 Å². The number of likely N-dealkylation sites (N-methyl/N-ethyl adjacent to an activating group) is 1. The zero-order valence-corrected chi connectivity index (χ0v) is 41.6. The lowest BCUT2D eigenvalue weighted by atomic mass is 10.0. The monoisotopic (exact) mass is 871 g/mol. The summed E-state index contributed by atoms with van der Waals surface area (Å²) in [7, 11) is 1.27. The van der Waals surface area contributed by atoms with Crippen LogP contribution in [0.4, 0.5) is 0 Å². The Bertz CT molecular complexity index is 989. The summed E-state index contributed by atoms with van der Waals surface area (Å²) >= 11 is 0. The lowest BCUT2D eigenvalue weighted by Gasteiger charge is -2.29. The lowest BCUT2D eigenvalue weighted by molar-refractivity contribution is -0.870. The Hall–Kier alpha value is -0.760. The van der Waals surface area contributed by atoms with Gasteiger partial charge in [0.25, 0.3) is 7.82 Å². The number of phosphoric acid groups is 1. The fraction of sp³-hybridized carbons (Fsp3) is 0.941. The summed E-state index contributed by atoms with van der Waals surface area (Å²) in [6.07, 6.45) is 51.2. The first kappa shape index (κ1) is 59.2. The average molecular weight is 871 g/mol. The molecule has 0 fully saturated rings. The third kappa shape index (κ3) is 45.3. The van der Waals surface area contributed by atoms with E-state index in [-0.39, 0.29) is 19.1 Å². The fourth-order valence-electron chi connectivity index (χ4n) is 7.86. The Labute approximate surface area is 373 Å². The van der Waals surface area contributed by atoms with E-state index < -0.39 is 20.0 Å². The molecule has 60 heavy (non-hydrogen) atoms. The van der Waals surface area contributed by atoms with E-state index in [9.17, 15) is 19.4 Å². The van der Waals surface area contributed by atoms with Gasteiger partial charge in [-0.1, -0.05) is 244 Å². The minimum Gasteiger partial charge on any atom is -0.756 e. The molecule has 0 aliphatic carbocycles. The van der Waals surface area contributed by atoms with Crippen LogP contribution in [0.3, 0.4) is 0 Å². The molecule has 0 spiro atoms. The molecule has 0 rings (SSSR count). The van der Waals surface area contributed by atoms with Gasteiger partial charge in [-0.05, 0) is 19.3 Å². The van der Waals surface area contributed by atoms with E-state index in [1.54, 1.807) is 6.08 Å². The smallest absolute Gasteiger partial charge is 0.268 e. The summed E-state index contributed by atoms with van der Waals surface area (Å²) in [5, 5.41) is 13.8. The molecule has 0 aromatic rings. The first-order chi connectivity index (χ1) is 29.0. The topological polar surface area (TPSA) is 108 Å². The van der Waals surface area contributed by atoms with Gasteiger partial charge in [-0.2, -0.15) is 0 Å². The number of hydrogen-bond acceptors (Lipinski definition) is 6. The second-order valence-corrected chi connectivity index (χ2v) is 20.7. The zero-order valence-electron chi connectivity index (χ0n) is 40.7. The van der Waals surface area contributed by atoms with E-state index in [1.165, 1.54) is 199 Å². The predicted octanol–water partition coefficient (Wildman–Crippen LogP) is 14.5. The van der Waals surface area contributed by atoms with Crippen LogP contribution in [0, 0.1) is 0 Å².